The molecule has 0 bridgehead atoms. The molecule has 1 nitrogen and oxygen atoms in total. The van der Waals surface area contributed by atoms with Crippen LogP contribution in [-0.4, -0.2) is 23.6 Å². The van der Waals surface area contributed by atoms with Crippen molar-refractivity contribution in [1.82, 2.24) is 5.32 Å². The molecule has 2 unspecified atom stereocenters. The molecule has 1 rings (SSSR count). The third-order valence-corrected chi connectivity index (χ3v) is 4.07. The quantitative estimate of drug-likeness (QED) is 0.686. The lowest BCUT2D eigenvalue weighted by Crippen LogP contribution is -2.34. The third kappa shape index (κ3) is 4.37. The Labute approximate surface area is 87.1 Å². The maximum atomic E-state index is 3.67. The van der Waals surface area contributed by atoms with Gasteiger partial charge in [0, 0.05) is 11.3 Å². The summed E-state index contributed by atoms with van der Waals surface area (Å²) < 4.78 is 0. The average molecular weight is 201 g/mol. The van der Waals surface area contributed by atoms with E-state index in [1.165, 1.54) is 31.6 Å². The lowest BCUT2D eigenvalue weighted by Gasteiger charge is -2.16. The predicted octanol–water partition coefficient (Wildman–Crippen LogP) is 2.91. The molecular formula is C11H23NS. The summed E-state index contributed by atoms with van der Waals surface area (Å²) in [4.78, 5) is 0. The summed E-state index contributed by atoms with van der Waals surface area (Å²) in [7, 11) is 0. The Morgan fingerprint density at radius 3 is 2.77 bits per heavy atom. The Morgan fingerprint density at radius 2 is 2.23 bits per heavy atom. The van der Waals surface area contributed by atoms with Crippen molar-refractivity contribution in [2.45, 2.75) is 51.3 Å². The second-order valence-electron chi connectivity index (χ2n) is 4.46. The van der Waals surface area contributed by atoms with Crippen molar-refractivity contribution >= 4 is 11.8 Å². The van der Waals surface area contributed by atoms with Crippen LogP contribution >= 0.6 is 11.8 Å². The molecule has 1 heterocycles. The topological polar surface area (TPSA) is 12.0 Å². The molecule has 0 aromatic heterocycles. The maximum absolute atomic E-state index is 3.67. The van der Waals surface area contributed by atoms with Crippen LogP contribution in [0.3, 0.4) is 0 Å². The summed E-state index contributed by atoms with van der Waals surface area (Å²) in [6.45, 7) is 8.16. The van der Waals surface area contributed by atoms with Crippen LogP contribution in [-0.2, 0) is 0 Å². The lowest BCUT2D eigenvalue weighted by atomic mass is 10.1. The Kier molecular flexibility index (Phi) is 5.18. The summed E-state index contributed by atoms with van der Waals surface area (Å²) >= 11 is 2.11. The number of nitrogens with one attached hydrogen (secondary N) is 1. The summed E-state index contributed by atoms with van der Waals surface area (Å²) in [5.41, 5.74) is 0. The Balaban J connectivity index is 1.99. The van der Waals surface area contributed by atoms with Gasteiger partial charge in [-0.2, -0.15) is 11.8 Å². The Morgan fingerprint density at radius 1 is 1.46 bits per heavy atom. The second-order valence-corrected chi connectivity index (χ2v) is 5.95. The van der Waals surface area contributed by atoms with Crippen LogP contribution in [0.1, 0.15) is 40.0 Å². The Hall–Kier alpha value is 0.310. The first-order valence-electron chi connectivity index (χ1n) is 5.55. The molecule has 0 spiro atoms. The summed E-state index contributed by atoms with van der Waals surface area (Å²) in [5, 5.41) is 4.50. The molecule has 1 aliphatic heterocycles. The maximum Gasteiger partial charge on any atom is 0.0191 e. The van der Waals surface area contributed by atoms with E-state index in [4.69, 9.17) is 0 Å². The van der Waals surface area contributed by atoms with Crippen molar-refractivity contribution < 1.29 is 0 Å². The first-order valence-corrected chi connectivity index (χ1v) is 6.60. The number of hydrogen-bond acceptors (Lipinski definition) is 2. The van der Waals surface area contributed by atoms with Gasteiger partial charge in [0.25, 0.3) is 0 Å². The smallest absolute Gasteiger partial charge is 0.0191 e. The van der Waals surface area contributed by atoms with Gasteiger partial charge in [0.1, 0.15) is 0 Å². The molecule has 1 saturated heterocycles. The van der Waals surface area contributed by atoms with Crippen LogP contribution in [0.5, 0.6) is 0 Å². The first kappa shape index (κ1) is 11.4. The summed E-state index contributed by atoms with van der Waals surface area (Å²) in [6.07, 6.45) is 4.07. The highest BCUT2D eigenvalue weighted by Crippen LogP contribution is 2.25. The van der Waals surface area contributed by atoms with Crippen molar-refractivity contribution in [2.75, 3.05) is 12.3 Å². The SMILES string of the molecule is CC(C)CCCNC1CCSC1C. The average Bonchev–Trinajstić information content (AvgIpc) is 2.45. The molecule has 0 aliphatic carbocycles. The van der Waals surface area contributed by atoms with Crippen molar-refractivity contribution in [3.8, 4) is 0 Å². The molecule has 2 heteroatoms. The lowest BCUT2D eigenvalue weighted by molar-refractivity contribution is 0.471. The molecule has 0 aromatic rings. The van der Waals surface area contributed by atoms with Crippen LogP contribution in [0.2, 0.25) is 0 Å². The molecule has 0 radical (unpaired) electrons. The molecule has 1 N–H and O–H groups in total. The van der Waals surface area contributed by atoms with Gasteiger partial charge < -0.3 is 5.32 Å². The fraction of sp³-hybridized carbons (Fsp3) is 1.00. The minimum absolute atomic E-state index is 0.789. The predicted molar refractivity (Wildman–Crippen MR) is 62.4 cm³/mol. The van der Waals surface area contributed by atoms with Crippen molar-refractivity contribution in [3.63, 3.8) is 0 Å². The van der Waals surface area contributed by atoms with E-state index in [1.54, 1.807) is 0 Å². The monoisotopic (exact) mass is 201 g/mol. The summed E-state index contributed by atoms with van der Waals surface area (Å²) in [6, 6.07) is 0.789. The van der Waals surface area contributed by atoms with Gasteiger partial charge in [-0.25, -0.2) is 0 Å². The Bertz CT molecular complexity index is 136. The second kappa shape index (κ2) is 5.92. The van der Waals surface area contributed by atoms with Gasteiger partial charge in [-0.1, -0.05) is 20.8 Å². The minimum Gasteiger partial charge on any atom is -0.313 e. The molecular weight excluding hydrogens is 178 g/mol. The molecule has 78 valence electrons. The van der Waals surface area contributed by atoms with Crippen molar-refractivity contribution in [3.05, 3.63) is 0 Å². The van der Waals surface area contributed by atoms with Gasteiger partial charge in [-0.3, -0.25) is 0 Å². The number of rotatable bonds is 5. The van der Waals surface area contributed by atoms with E-state index in [1.807, 2.05) is 0 Å². The van der Waals surface area contributed by atoms with Gasteiger partial charge in [-0.05, 0) is 37.5 Å². The van der Waals surface area contributed by atoms with E-state index in [2.05, 4.69) is 37.8 Å². The highest BCUT2D eigenvalue weighted by Gasteiger charge is 2.22. The van der Waals surface area contributed by atoms with E-state index < -0.39 is 0 Å². The van der Waals surface area contributed by atoms with E-state index in [-0.39, 0.29) is 0 Å². The fourth-order valence-electron chi connectivity index (χ4n) is 1.80. The molecule has 2 atom stereocenters. The van der Waals surface area contributed by atoms with Crippen LogP contribution < -0.4 is 5.32 Å². The van der Waals surface area contributed by atoms with Crippen LogP contribution in [0.15, 0.2) is 0 Å². The van der Waals surface area contributed by atoms with E-state index >= 15 is 0 Å². The minimum atomic E-state index is 0.789. The van der Waals surface area contributed by atoms with Gasteiger partial charge >= 0.3 is 0 Å². The third-order valence-electron chi connectivity index (χ3n) is 2.74. The van der Waals surface area contributed by atoms with Gasteiger partial charge in [0.15, 0.2) is 0 Å². The molecule has 1 fully saturated rings. The van der Waals surface area contributed by atoms with E-state index in [0.29, 0.717) is 0 Å². The van der Waals surface area contributed by atoms with E-state index in [0.717, 1.165) is 17.2 Å². The highest BCUT2D eigenvalue weighted by atomic mass is 32.2. The first-order chi connectivity index (χ1) is 6.20. The molecule has 0 saturated carbocycles. The molecule has 0 aromatic carbocycles. The van der Waals surface area contributed by atoms with Gasteiger partial charge in [-0.15, -0.1) is 0 Å². The molecule has 1 aliphatic rings. The van der Waals surface area contributed by atoms with Crippen molar-refractivity contribution in [2.24, 2.45) is 5.92 Å². The van der Waals surface area contributed by atoms with Gasteiger partial charge in [0.05, 0.1) is 0 Å². The zero-order valence-corrected chi connectivity index (χ0v) is 9.99. The summed E-state index contributed by atoms with van der Waals surface area (Å²) in [5.74, 6) is 2.21. The standard InChI is InChI=1S/C11H23NS/c1-9(2)5-4-7-12-11-6-8-13-10(11)3/h9-12H,4-8H2,1-3H3. The zero-order chi connectivity index (χ0) is 9.68. The van der Waals surface area contributed by atoms with Crippen molar-refractivity contribution in [1.29, 1.82) is 0 Å². The highest BCUT2D eigenvalue weighted by molar-refractivity contribution is 8.00. The largest absolute Gasteiger partial charge is 0.313 e. The number of thioether (sulfide) groups is 1. The normalized spacial score (nSPS) is 28.6. The molecule has 0 amide bonds. The van der Waals surface area contributed by atoms with Crippen LogP contribution in [0.25, 0.3) is 0 Å². The van der Waals surface area contributed by atoms with E-state index in [9.17, 15) is 0 Å². The van der Waals surface area contributed by atoms with Crippen LogP contribution in [0, 0.1) is 5.92 Å². The van der Waals surface area contributed by atoms with Gasteiger partial charge in [0.2, 0.25) is 0 Å². The van der Waals surface area contributed by atoms with Crippen LogP contribution in [0.4, 0.5) is 0 Å². The fourth-order valence-corrected chi connectivity index (χ4v) is 3.02. The number of hydrogen-bond donors (Lipinski definition) is 1. The molecule has 13 heavy (non-hydrogen) atoms. The zero-order valence-electron chi connectivity index (χ0n) is 9.18.